The van der Waals surface area contributed by atoms with Gasteiger partial charge in [-0.3, -0.25) is 0 Å². The van der Waals surface area contributed by atoms with Crippen LogP contribution in [0.5, 0.6) is 0 Å². The van der Waals surface area contributed by atoms with E-state index in [0.717, 1.165) is 0 Å². The van der Waals surface area contributed by atoms with Crippen molar-refractivity contribution in [2.45, 2.75) is 0 Å². The van der Waals surface area contributed by atoms with Crippen LogP contribution in [-0.4, -0.2) is 29.3 Å². The monoisotopic (exact) mass is 111 g/mol. The summed E-state index contributed by atoms with van der Waals surface area (Å²) in [6.45, 7) is 0.628. The fourth-order valence-corrected chi connectivity index (χ4v) is 0.588. The molecule has 8 heavy (non-hydrogen) atoms. The molecule has 1 aliphatic rings. The topological polar surface area (TPSA) is 23.3 Å². The molecule has 0 spiro atoms. The van der Waals surface area contributed by atoms with Crippen LogP contribution in [0.1, 0.15) is 0 Å². The van der Waals surface area contributed by atoms with Gasteiger partial charge in [-0.2, -0.15) is 4.79 Å². The first-order valence-electron chi connectivity index (χ1n) is 2.36. The Balaban J connectivity index is 2.73. The standard InChI is InChI=1S/C5H7N2O/c1-6-2-3-7(4-6)5-8/h2-3H,4H2,1H3/q+1. The molecule has 0 saturated carbocycles. The van der Waals surface area contributed by atoms with Gasteiger partial charge in [-0.25, -0.2) is 0 Å². The first kappa shape index (κ1) is 5.06. The van der Waals surface area contributed by atoms with Gasteiger partial charge in [0.1, 0.15) is 0 Å². The van der Waals surface area contributed by atoms with Crippen molar-refractivity contribution >= 4 is 6.08 Å². The summed E-state index contributed by atoms with van der Waals surface area (Å²) < 4.78 is 1.44. The molecule has 0 N–H and O–H groups in total. The fourth-order valence-electron chi connectivity index (χ4n) is 0.588. The molecule has 0 aromatic heterocycles. The summed E-state index contributed by atoms with van der Waals surface area (Å²) in [5, 5.41) is 0. The molecule has 1 aliphatic heterocycles. The Morgan fingerprint density at radius 2 is 2.62 bits per heavy atom. The highest BCUT2D eigenvalue weighted by Crippen LogP contribution is 1.93. The molecule has 0 unspecified atom stereocenters. The van der Waals surface area contributed by atoms with Crippen molar-refractivity contribution in [2.75, 3.05) is 13.7 Å². The van der Waals surface area contributed by atoms with Gasteiger partial charge in [0.2, 0.25) is 6.67 Å². The molecule has 3 heteroatoms. The van der Waals surface area contributed by atoms with Crippen LogP contribution in [0.15, 0.2) is 12.4 Å². The number of carbonyl (C=O) groups excluding carboxylic acids is 1. The Morgan fingerprint density at radius 3 is 2.88 bits per heavy atom. The van der Waals surface area contributed by atoms with Crippen LogP contribution < -0.4 is 0 Å². The molecule has 0 atom stereocenters. The normalized spacial score (nSPS) is 17.1. The predicted octanol–water partition coefficient (Wildman–Crippen LogP) is -0.291. The fraction of sp³-hybridized carbons (Fsp3) is 0.400. The Morgan fingerprint density at radius 1 is 1.88 bits per heavy atom. The van der Waals surface area contributed by atoms with Crippen molar-refractivity contribution in [3.05, 3.63) is 12.4 Å². The van der Waals surface area contributed by atoms with Crippen LogP contribution >= 0.6 is 0 Å². The smallest absolute Gasteiger partial charge is 0.320 e. The van der Waals surface area contributed by atoms with Crippen molar-refractivity contribution in [3.8, 4) is 0 Å². The van der Waals surface area contributed by atoms with E-state index < -0.39 is 0 Å². The molecule has 0 aromatic rings. The van der Waals surface area contributed by atoms with Crippen LogP contribution in [0.4, 0.5) is 0 Å². The second kappa shape index (κ2) is 1.80. The minimum Gasteiger partial charge on any atom is -0.320 e. The Hall–Kier alpha value is -1.08. The van der Waals surface area contributed by atoms with Crippen LogP contribution in [0.3, 0.4) is 0 Å². The van der Waals surface area contributed by atoms with E-state index in [4.69, 9.17) is 0 Å². The number of hydrogen-bond donors (Lipinski definition) is 0. The second-order valence-electron chi connectivity index (χ2n) is 1.76. The van der Waals surface area contributed by atoms with Crippen LogP contribution in [0.2, 0.25) is 0 Å². The summed E-state index contributed by atoms with van der Waals surface area (Å²) in [6, 6.07) is 0. The quantitative estimate of drug-likeness (QED) is 0.317. The highest BCUT2D eigenvalue weighted by Gasteiger charge is 2.09. The predicted molar refractivity (Wildman–Crippen MR) is 27.7 cm³/mol. The minimum atomic E-state index is 0.628. The van der Waals surface area contributed by atoms with Crippen molar-refractivity contribution in [1.82, 2.24) is 4.90 Å². The van der Waals surface area contributed by atoms with E-state index in [1.165, 1.54) is 4.58 Å². The summed E-state index contributed by atoms with van der Waals surface area (Å²) in [4.78, 5) is 11.8. The van der Waals surface area contributed by atoms with Gasteiger partial charge in [0, 0.05) is 7.05 Å². The molecule has 0 aliphatic carbocycles. The number of isocyanates is 1. The largest absolute Gasteiger partial charge is 0.431 e. The first-order valence-corrected chi connectivity index (χ1v) is 2.36. The lowest BCUT2D eigenvalue weighted by atomic mass is 10.9. The average Bonchev–Trinajstić information content (AvgIpc) is 2.14. The zero-order chi connectivity index (χ0) is 5.98. The lowest BCUT2D eigenvalue weighted by molar-refractivity contribution is -0.459. The lowest BCUT2D eigenvalue weighted by Crippen LogP contribution is -2.13. The Labute approximate surface area is 47.5 Å². The molecule has 0 saturated heterocycles. The van der Waals surface area contributed by atoms with Gasteiger partial charge in [0.15, 0.2) is 6.20 Å². The summed E-state index contributed by atoms with van der Waals surface area (Å²) in [5.74, 6) is 0. The molecule has 1 heterocycles. The molecule has 1 rings (SSSR count). The SMILES string of the molecule is CN1C=C[N+](=C=O)C1. The van der Waals surface area contributed by atoms with Gasteiger partial charge < -0.3 is 4.90 Å². The molecule has 0 fully saturated rings. The molecule has 0 radical (unpaired) electrons. The van der Waals surface area contributed by atoms with Gasteiger partial charge in [-0.05, 0) is 0 Å². The van der Waals surface area contributed by atoms with E-state index in [1.807, 2.05) is 18.1 Å². The Kier molecular flexibility index (Phi) is 1.14. The average molecular weight is 111 g/mol. The maximum absolute atomic E-state index is 9.88. The number of nitrogens with zero attached hydrogens (tertiary/aromatic N) is 2. The van der Waals surface area contributed by atoms with Crippen molar-refractivity contribution < 1.29 is 9.37 Å². The van der Waals surface area contributed by atoms with Gasteiger partial charge in [0.05, 0.1) is 6.20 Å². The van der Waals surface area contributed by atoms with Crippen molar-refractivity contribution in [3.63, 3.8) is 0 Å². The molecular formula is C5H7N2O+. The van der Waals surface area contributed by atoms with Gasteiger partial charge in [-0.15, -0.1) is 4.58 Å². The van der Waals surface area contributed by atoms with Gasteiger partial charge >= 0.3 is 6.08 Å². The van der Waals surface area contributed by atoms with Gasteiger partial charge in [0.25, 0.3) is 0 Å². The first-order chi connectivity index (χ1) is 3.83. The molecule has 3 nitrogen and oxygen atoms in total. The summed E-state index contributed by atoms with van der Waals surface area (Å²) in [6.07, 6.45) is 5.26. The summed E-state index contributed by atoms with van der Waals surface area (Å²) in [5.41, 5.74) is 0. The third kappa shape index (κ3) is 0.768. The second-order valence-corrected chi connectivity index (χ2v) is 1.76. The maximum Gasteiger partial charge on any atom is 0.431 e. The lowest BCUT2D eigenvalue weighted by Gasteiger charge is -1.96. The van der Waals surface area contributed by atoms with E-state index in [-0.39, 0.29) is 0 Å². The van der Waals surface area contributed by atoms with Gasteiger partial charge in [-0.1, -0.05) is 0 Å². The molecule has 0 aromatic carbocycles. The third-order valence-electron chi connectivity index (χ3n) is 0.994. The van der Waals surface area contributed by atoms with E-state index in [2.05, 4.69) is 0 Å². The highest BCUT2D eigenvalue weighted by molar-refractivity contribution is 5.25. The molecular weight excluding hydrogens is 104 g/mol. The maximum atomic E-state index is 9.88. The van der Waals surface area contributed by atoms with E-state index >= 15 is 0 Å². The molecule has 42 valence electrons. The Bertz CT molecular complexity index is 167. The number of hydrogen-bond acceptors (Lipinski definition) is 2. The van der Waals surface area contributed by atoms with E-state index in [0.29, 0.717) is 6.67 Å². The highest BCUT2D eigenvalue weighted by atomic mass is 16.1. The molecule has 0 amide bonds. The van der Waals surface area contributed by atoms with Crippen molar-refractivity contribution in [2.24, 2.45) is 0 Å². The zero-order valence-electron chi connectivity index (χ0n) is 4.66. The van der Waals surface area contributed by atoms with E-state index in [1.54, 1.807) is 12.3 Å². The van der Waals surface area contributed by atoms with Crippen LogP contribution in [0, 0.1) is 0 Å². The third-order valence-corrected chi connectivity index (χ3v) is 0.994. The zero-order valence-corrected chi connectivity index (χ0v) is 4.66. The van der Waals surface area contributed by atoms with E-state index in [9.17, 15) is 4.79 Å². The van der Waals surface area contributed by atoms with Crippen LogP contribution in [-0.2, 0) is 4.79 Å². The molecule has 0 bridgehead atoms. The van der Waals surface area contributed by atoms with Crippen molar-refractivity contribution in [1.29, 1.82) is 0 Å². The summed E-state index contributed by atoms with van der Waals surface area (Å²) >= 11 is 0. The number of rotatable bonds is 0. The summed E-state index contributed by atoms with van der Waals surface area (Å²) in [7, 11) is 1.90. The van der Waals surface area contributed by atoms with Crippen LogP contribution in [0.25, 0.3) is 0 Å². The minimum absolute atomic E-state index is 0.628.